The number of allylic oxidation sites excluding steroid dienone is 1. The summed E-state index contributed by atoms with van der Waals surface area (Å²) in [5.74, 6) is 0.987. The molecule has 1 heterocycles. The van der Waals surface area contributed by atoms with E-state index in [0.717, 1.165) is 18.6 Å². The van der Waals surface area contributed by atoms with E-state index in [4.69, 9.17) is 4.74 Å². The zero-order valence-corrected chi connectivity index (χ0v) is 7.85. The van der Waals surface area contributed by atoms with Crippen LogP contribution in [-0.4, -0.2) is 12.8 Å². The minimum Gasteiger partial charge on any atom is -0.499 e. The number of methoxy groups -OCH3 is 1. The topological polar surface area (TPSA) is 21.6 Å². The van der Waals surface area contributed by atoms with Gasteiger partial charge < -0.3 is 4.74 Å². The molecular formula is C9H17NO. The second-order valence-electron chi connectivity index (χ2n) is 2.16. The maximum absolute atomic E-state index is 4.99. The van der Waals surface area contributed by atoms with Crippen LogP contribution >= 0.6 is 0 Å². The monoisotopic (exact) mass is 155 g/mol. The Bertz CT molecular complexity index is 159. The maximum atomic E-state index is 4.99. The quantitative estimate of drug-likeness (QED) is 0.570. The SMILES string of the molecule is CC.COC1=CN=C(C)CC1. The van der Waals surface area contributed by atoms with Gasteiger partial charge in [0.05, 0.1) is 13.3 Å². The third kappa shape index (κ3) is 3.81. The lowest BCUT2D eigenvalue weighted by Gasteiger charge is -2.08. The number of ether oxygens (including phenoxy) is 1. The van der Waals surface area contributed by atoms with E-state index in [-0.39, 0.29) is 0 Å². The van der Waals surface area contributed by atoms with Gasteiger partial charge in [0.1, 0.15) is 5.76 Å². The summed E-state index contributed by atoms with van der Waals surface area (Å²) in [6.07, 6.45) is 3.84. The maximum Gasteiger partial charge on any atom is 0.114 e. The summed E-state index contributed by atoms with van der Waals surface area (Å²) in [6.45, 7) is 6.03. The van der Waals surface area contributed by atoms with Gasteiger partial charge in [-0.1, -0.05) is 13.8 Å². The third-order valence-corrected chi connectivity index (χ3v) is 1.42. The summed E-state index contributed by atoms with van der Waals surface area (Å²) in [6, 6.07) is 0. The molecular weight excluding hydrogens is 138 g/mol. The zero-order chi connectivity index (χ0) is 8.69. The second kappa shape index (κ2) is 5.96. The van der Waals surface area contributed by atoms with Gasteiger partial charge >= 0.3 is 0 Å². The molecule has 0 saturated heterocycles. The first-order valence-electron chi connectivity index (χ1n) is 4.09. The summed E-state index contributed by atoms with van der Waals surface area (Å²) >= 11 is 0. The predicted octanol–water partition coefficient (Wildman–Crippen LogP) is 2.76. The molecule has 0 N–H and O–H groups in total. The van der Waals surface area contributed by atoms with Crippen molar-refractivity contribution in [3.8, 4) is 0 Å². The van der Waals surface area contributed by atoms with Crippen molar-refractivity contribution in [3.63, 3.8) is 0 Å². The average molecular weight is 155 g/mol. The van der Waals surface area contributed by atoms with Crippen LogP contribution in [0.25, 0.3) is 0 Å². The van der Waals surface area contributed by atoms with Crippen molar-refractivity contribution in [2.24, 2.45) is 4.99 Å². The summed E-state index contributed by atoms with van der Waals surface area (Å²) in [5, 5.41) is 0. The molecule has 2 nitrogen and oxygen atoms in total. The molecule has 0 atom stereocenters. The molecule has 0 aromatic rings. The van der Waals surface area contributed by atoms with E-state index in [1.54, 1.807) is 13.3 Å². The summed E-state index contributed by atoms with van der Waals surface area (Å²) in [7, 11) is 1.68. The lowest BCUT2D eigenvalue weighted by atomic mass is 10.2. The van der Waals surface area contributed by atoms with E-state index in [2.05, 4.69) is 4.99 Å². The molecule has 1 rings (SSSR count). The van der Waals surface area contributed by atoms with Gasteiger partial charge in [0, 0.05) is 12.1 Å². The van der Waals surface area contributed by atoms with Gasteiger partial charge in [-0.2, -0.15) is 0 Å². The van der Waals surface area contributed by atoms with E-state index < -0.39 is 0 Å². The van der Waals surface area contributed by atoms with Gasteiger partial charge in [-0.3, -0.25) is 4.99 Å². The van der Waals surface area contributed by atoms with E-state index in [9.17, 15) is 0 Å². The van der Waals surface area contributed by atoms with Crippen molar-refractivity contribution in [1.82, 2.24) is 0 Å². The van der Waals surface area contributed by atoms with Crippen LogP contribution in [0.3, 0.4) is 0 Å². The molecule has 2 heteroatoms. The average Bonchev–Trinajstić information content (AvgIpc) is 2.10. The summed E-state index contributed by atoms with van der Waals surface area (Å²) < 4.78 is 4.99. The van der Waals surface area contributed by atoms with E-state index >= 15 is 0 Å². The Labute approximate surface area is 69.0 Å². The first-order chi connectivity index (χ1) is 5.33. The number of nitrogens with zero attached hydrogens (tertiary/aromatic N) is 1. The van der Waals surface area contributed by atoms with Crippen molar-refractivity contribution < 1.29 is 4.74 Å². The molecule has 0 radical (unpaired) electrons. The Morgan fingerprint density at radius 1 is 1.36 bits per heavy atom. The fourth-order valence-corrected chi connectivity index (χ4v) is 0.770. The highest BCUT2D eigenvalue weighted by molar-refractivity contribution is 5.83. The molecule has 64 valence electrons. The molecule has 0 spiro atoms. The molecule has 0 fully saturated rings. The Balaban J connectivity index is 0.000000461. The Morgan fingerprint density at radius 3 is 2.36 bits per heavy atom. The van der Waals surface area contributed by atoms with E-state index in [0.29, 0.717) is 0 Å². The highest BCUT2D eigenvalue weighted by atomic mass is 16.5. The van der Waals surface area contributed by atoms with Gasteiger partial charge in [0.15, 0.2) is 0 Å². The lowest BCUT2D eigenvalue weighted by molar-refractivity contribution is 0.276. The zero-order valence-electron chi connectivity index (χ0n) is 7.85. The van der Waals surface area contributed by atoms with Crippen molar-refractivity contribution in [2.45, 2.75) is 33.6 Å². The van der Waals surface area contributed by atoms with Crippen LogP contribution in [0.5, 0.6) is 0 Å². The minimum atomic E-state index is 0.987. The van der Waals surface area contributed by atoms with Crippen molar-refractivity contribution in [1.29, 1.82) is 0 Å². The van der Waals surface area contributed by atoms with Gasteiger partial charge in [-0.05, 0) is 13.3 Å². The van der Waals surface area contributed by atoms with Crippen LogP contribution in [0.1, 0.15) is 33.6 Å². The van der Waals surface area contributed by atoms with Crippen LogP contribution in [0, 0.1) is 0 Å². The molecule has 0 aromatic heterocycles. The van der Waals surface area contributed by atoms with Crippen LogP contribution in [0.4, 0.5) is 0 Å². The second-order valence-corrected chi connectivity index (χ2v) is 2.16. The fraction of sp³-hybridized carbons (Fsp3) is 0.667. The number of aliphatic imine (C=N–C) groups is 1. The van der Waals surface area contributed by atoms with Gasteiger partial charge in [0.2, 0.25) is 0 Å². The molecule has 1 aliphatic rings. The van der Waals surface area contributed by atoms with Crippen LogP contribution in [0.2, 0.25) is 0 Å². The highest BCUT2D eigenvalue weighted by Crippen LogP contribution is 2.11. The van der Waals surface area contributed by atoms with Crippen molar-refractivity contribution in [3.05, 3.63) is 12.0 Å². The molecule has 0 unspecified atom stereocenters. The van der Waals surface area contributed by atoms with Crippen molar-refractivity contribution >= 4 is 5.71 Å². The Morgan fingerprint density at radius 2 is 2.00 bits per heavy atom. The Kier molecular flexibility index (Phi) is 5.53. The number of hydrogen-bond acceptors (Lipinski definition) is 2. The fourth-order valence-electron chi connectivity index (χ4n) is 0.770. The van der Waals surface area contributed by atoms with Crippen LogP contribution < -0.4 is 0 Å². The molecule has 0 bridgehead atoms. The Hall–Kier alpha value is -0.790. The van der Waals surface area contributed by atoms with Crippen LogP contribution in [0.15, 0.2) is 17.0 Å². The number of hydrogen-bond donors (Lipinski definition) is 0. The van der Waals surface area contributed by atoms with Gasteiger partial charge in [0.25, 0.3) is 0 Å². The largest absolute Gasteiger partial charge is 0.499 e. The molecule has 0 saturated carbocycles. The third-order valence-electron chi connectivity index (χ3n) is 1.42. The molecule has 1 aliphatic heterocycles. The highest BCUT2D eigenvalue weighted by Gasteiger charge is 2.02. The lowest BCUT2D eigenvalue weighted by Crippen LogP contribution is -1.99. The van der Waals surface area contributed by atoms with E-state index in [1.165, 1.54) is 5.71 Å². The molecule has 11 heavy (non-hydrogen) atoms. The summed E-state index contributed by atoms with van der Waals surface area (Å²) in [5.41, 5.74) is 1.19. The first-order valence-corrected chi connectivity index (χ1v) is 4.09. The van der Waals surface area contributed by atoms with Gasteiger partial charge in [-0.15, -0.1) is 0 Å². The predicted molar refractivity (Wildman–Crippen MR) is 48.8 cm³/mol. The van der Waals surface area contributed by atoms with Gasteiger partial charge in [-0.25, -0.2) is 0 Å². The van der Waals surface area contributed by atoms with Crippen molar-refractivity contribution in [2.75, 3.05) is 7.11 Å². The minimum absolute atomic E-state index is 0.987. The molecule has 0 aromatic carbocycles. The van der Waals surface area contributed by atoms with Crippen LogP contribution in [-0.2, 0) is 4.74 Å². The first kappa shape index (κ1) is 10.2. The standard InChI is InChI=1S/C7H11NO.C2H6/c1-6-3-4-7(9-2)5-8-6;1-2/h5H,3-4H2,1-2H3;1-2H3. The van der Waals surface area contributed by atoms with E-state index in [1.807, 2.05) is 20.8 Å². The normalized spacial score (nSPS) is 15.6. The molecule has 0 amide bonds. The molecule has 0 aliphatic carbocycles. The summed E-state index contributed by atoms with van der Waals surface area (Å²) in [4.78, 5) is 4.11. The number of rotatable bonds is 1. The smallest absolute Gasteiger partial charge is 0.114 e.